The number of benzene rings is 3. The van der Waals surface area contributed by atoms with Crippen LogP contribution in [0, 0.1) is 5.82 Å². The Kier molecular flexibility index (Phi) is 4.71. The lowest BCUT2D eigenvalue weighted by Crippen LogP contribution is -2.20. The highest BCUT2D eigenvalue weighted by Gasteiger charge is 2.11. The molecule has 140 valence electrons. The van der Waals surface area contributed by atoms with E-state index < -0.39 is 5.91 Å². The largest absolute Gasteiger partial charge is 0.484 e. The predicted octanol–water partition coefficient (Wildman–Crippen LogP) is 4.76. The summed E-state index contributed by atoms with van der Waals surface area (Å²) >= 11 is 6.12. The van der Waals surface area contributed by atoms with Crippen LogP contribution in [0.2, 0.25) is 5.02 Å². The van der Waals surface area contributed by atoms with E-state index in [1.54, 1.807) is 36.4 Å². The molecule has 7 heteroatoms. The highest BCUT2D eigenvalue weighted by atomic mass is 35.5. The molecular formula is C21H13ClFNO4. The molecule has 0 saturated carbocycles. The minimum atomic E-state index is -0.412. The van der Waals surface area contributed by atoms with Gasteiger partial charge in [0.15, 0.2) is 12.2 Å². The van der Waals surface area contributed by atoms with Crippen LogP contribution in [0.25, 0.3) is 21.9 Å². The van der Waals surface area contributed by atoms with Crippen LogP contribution < -0.4 is 15.5 Å². The van der Waals surface area contributed by atoms with Crippen LogP contribution in [0.15, 0.2) is 69.9 Å². The minimum Gasteiger partial charge on any atom is -0.484 e. The fourth-order valence-corrected chi connectivity index (χ4v) is 3.01. The molecule has 0 radical (unpaired) electrons. The number of amides is 1. The molecule has 4 rings (SSSR count). The zero-order valence-electron chi connectivity index (χ0n) is 14.4. The summed E-state index contributed by atoms with van der Waals surface area (Å²) in [5.74, 6) is -0.422. The lowest BCUT2D eigenvalue weighted by Gasteiger charge is -2.09. The number of para-hydroxylation sites is 1. The van der Waals surface area contributed by atoms with Gasteiger partial charge in [0.05, 0.1) is 15.8 Å². The summed E-state index contributed by atoms with van der Waals surface area (Å²) in [5, 5.41) is 3.77. The zero-order valence-corrected chi connectivity index (χ0v) is 15.1. The van der Waals surface area contributed by atoms with Gasteiger partial charge in [-0.05, 0) is 48.5 Å². The van der Waals surface area contributed by atoms with Crippen molar-refractivity contribution in [3.8, 4) is 5.75 Å². The smallest absolute Gasteiger partial charge is 0.262 e. The molecule has 0 saturated heterocycles. The van der Waals surface area contributed by atoms with Crippen LogP contribution in [-0.4, -0.2) is 12.5 Å². The molecular weight excluding hydrogens is 385 g/mol. The number of halogens is 2. The van der Waals surface area contributed by atoms with Crippen molar-refractivity contribution in [3.63, 3.8) is 0 Å². The van der Waals surface area contributed by atoms with Crippen molar-refractivity contribution >= 4 is 45.1 Å². The number of carbonyl (C=O) groups excluding carboxylic acids is 1. The number of nitrogens with one attached hydrogen (secondary N) is 1. The van der Waals surface area contributed by atoms with Crippen LogP contribution >= 0.6 is 11.6 Å². The van der Waals surface area contributed by atoms with Gasteiger partial charge in [-0.2, -0.15) is 0 Å². The van der Waals surface area contributed by atoms with E-state index in [1.165, 1.54) is 24.3 Å². The van der Waals surface area contributed by atoms with Crippen molar-refractivity contribution in [2.24, 2.45) is 0 Å². The lowest BCUT2D eigenvalue weighted by molar-refractivity contribution is -0.118. The molecule has 0 aliphatic heterocycles. The third-order valence-corrected chi connectivity index (χ3v) is 4.41. The number of hydrogen-bond donors (Lipinski definition) is 1. The molecule has 1 aromatic heterocycles. The molecule has 0 aliphatic rings. The van der Waals surface area contributed by atoms with Gasteiger partial charge in [0.1, 0.15) is 17.1 Å². The molecule has 0 unspecified atom stereocenters. The van der Waals surface area contributed by atoms with Crippen molar-refractivity contribution in [1.29, 1.82) is 0 Å². The van der Waals surface area contributed by atoms with Crippen LogP contribution in [0.5, 0.6) is 5.75 Å². The van der Waals surface area contributed by atoms with Crippen LogP contribution in [-0.2, 0) is 4.79 Å². The van der Waals surface area contributed by atoms with Crippen LogP contribution in [0.3, 0.4) is 0 Å². The van der Waals surface area contributed by atoms with E-state index in [0.717, 1.165) is 0 Å². The van der Waals surface area contributed by atoms with E-state index in [2.05, 4.69) is 5.32 Å². The second-order valence-corrected chi connectivity index (χ2v) is 6.46. The topological polar surface area (TPSA) is 68.5 Å². The van der Waals surface area contributed by atoms with Crippen molar-refractivity contribution in [1.82, 2.24) is 0 Å². The monoisotopic (exact) mass is 397 g/mol. The molecule has 0 bridgehead atoms. The van der Waals surface area contributed by atoms with Crippen molar-refractivity contribution in [3.05, 3.63) is 81.7 Å². The number of ether oxygens (including phenoxy) is 1. The fraction of sp³-hybridized carbons (Fsp3) is 0.0476. The van der Waals surface area contributed by atoms with Gasteiger partial charge in [0.2, 0.25) is 5.43 Å². The minimum absolute atomic E-state index is 0.198. The second kappa shape index (κ2) is 7.32. The Bertz CT molecular complexity index is 1250. The Morgan fingerprint density at radius 3 is 2.64 bits per heavy atom. The van der Waals surface area contributed by atoms with Gasteiger partial charge in [-0.3, -0.25) is 9.59 Å². The van der Waals surface area contributed by atoms with Crippen molar-refractivity contribution < 1.29 is 18.3 Å². The van der Waals surface area contributed by atoms with Crippen molar-refractivity contribution in [2.45, 2.75) is 0 Å². The summed E-state index contributed by atoms with van der Waals surface area (Å²) in [6.45, 7) is -0.253. The normalized spacial score (nSPS) is 10.9. The van der Waals surface area contributed by atoms with Gasteiger partial charge in [-0.1, -0.05) is 17.7 Å². The van der Waals surface area contributed by atoms with E-state index >= 15 is 0 Å². The van der Waals surface area contributed by atoms with E-state index in [-0.39, 0.29) is 17.9 Å². The van der Waals surface area contributed by atoms with E-state index in [0.29, 0.717) is 38.4 Å². The third-order valence-electron chi connectivity index (χ3n) is 4.12. The quantitative estimate of drug-likeness (QED) is 0.504. The van der Waals surface area contributed by atoms with Gasteiger partial charge < -0.3 is 14.5 Å². The first-order chi connectivity index (χ1) is 13.5. The molecule has 4 aromatic rings. The first-order valence-corrected chi connectivity index (χ1v) is 8.72. The average molecular weight is 398 g/mol. The average Bonchev–Trinajstić information content (AvgIpc) is 2.68. The summed E-state index contributed by atoms with van der Waals surface area (Å²) in [6, 6.07) is 15.1. The second-order valence-electron chi connectivity index (χ2n) is 6.05. The zero-order chi connectivity index (χ0) is 19.7. The summed E-state index contributed by atoms with van der Waals surface area (Å²) in [7, 11) is 0. The first-order valence-electron chi connectivity index (χ1n) is 8.34. The van der Waals surface area contributed by atoms with Crippen molar-refractivity contribution in [2.75, 3.05) is 11.9 Å². The molecule has 1 amide bonds. The Hall–Kier alpha value is -3.38. The Morgan fingerprint density at radius 1 is 1.07 bits per heavy atom. The highest BCUT2D eigenvalue weighted by Crippen LogP contribution is 2.26. The Morgan fingerprint density at radius 2 is 1.86 bits per heavy atom. The van der Waals surface area contributed by atoms with Gasteiger partial charge in [-0.25, -0.2) is 4.39 Å². The highest BCUT2D eigenvalue weighted by molar-refractivity contribution is 6.34. The van der Waals surface area contributed by atoms with Gasteiger partial charge in [-0.15, -0.1) is 0 Å². The molecule has 0 atom stereocenters. The first kappa shape index (κ1) is 18.0. The Balaban J connectivity index is 1.56. The maximum absolute atomic E-state index is 12.9. The molecule has 3 aromatic carbocycles. The van der Waals surface area contributed by atoms with E-state index in [4.69, 9.17) is 20.8 Å². The van der Waals surface area contributed by atoms with Gasteiger partial charge in [0.25, 0.3) is 5.91 Å². The van der Waals surface area contributed by atoms with E-state index in [9.17, 15) is 14.0 Å². The number of carbonyl (C=O) groups is 1. The SMILES string of the molecule is O=C(COc1ccc(F)cc1)Nc1ccc2c(=O)c3cccc(Cl)c3oc2c1. The Labute approximate surface area is 163 Å². The maximum Gasteiger partial charge on any atom is 0.262 e. The number of fused-ring (bicyclic) bond motifs is 2. The third kappa shape index (κ3) is 3.54. The number of rotatable bonds is 4. The van der Waals surface area contributed by atoms with Crippen LogP contribution in [0.1, 0.15) is 0 Å². The van der Waals surface area contributed by atoms with Crippen LogP contribution in [0.4, 0.5) is 10.1 Å². The molecule has 1 N–H and O–H groups in total. The standard InChI is InChI=1S/C21H13ClFNO4/c22-17-3-1-2-16-20(26)15-9-6-13(10-18(15)28-21(16)17)24-19(25)11-27-14-7-4-12(23)5-8-14/h1-10H,11H2,(H,24,25). The molecule has 0 spiro atoms. The maximum atomic E-state index is 12.9. The molecule has 1 heterocycles. The van der Waals surface area contributed by atoms with Gasteiger partial charge >= 0.3 is 0 Å². The number of anilines is 1. The van der Waals surface area contributed by atoms with E-state index in [1.807, 2.05) is 0 Å². The molecule has 0 aliphatic carbocycles. The summed E-state index contributed by atoms with van der Waals surface area (Å²) < 4.78 is 24.0. The summed E-state index contributed by atoms with van der Waals surface area (Å²) in [4.78, 5) is 24.7. The molecule has 5 nitrogen and oxygen atoms in total. The molecule has 28 heavy (non-hydrogen) atoms. The summed E-state index contributed by atoms with van der Waals surface area (Å²) in [5.41, 5.74) is 0.846. The number of hydrogen-bond acceptors (Lipinski definition) is 4. The predicted molar refractivity (Wildman–Crippen MR) is 106 cm³/mol. The molecule has 0 fully saturated rings. The summed E-state index contributed by atoms with van der Waals surface area (Å²) in [6.07, 6.45) is 0. The fourth-order valence-electron chi connectivity index (χ4n) is 2.80. The lowest BCUT2D eigenvalue weighted by atomic mass is 10.1. The van der Waals surface area contributed by atoms with Gasteiger partial charge in [0, 0.05) is 11.8 Å².